The highest BCUT2D eigenvalue weighted by molar-refractivity contribution is 5.89. The van der Waals surface area contributed by atoms with Crippen LogP contribution in [-0.4, -0.2) is 13.1 Å². The molecule has 2 rings (SSSR count). The maximum Gasteiger partial charge on any atom is 0.337 e. The third-order valence-electron chi connectivity index (χ3n) is 3.65. The van der Waals surface area contributed by atoms with Gasteiger partial charge in [0, 0.05) is 0 Å². The Balaban J connectivity index is 2.19. The van der Waals surface area contributed by atoms with Crippen molar-refractivity contribution < 1.29 is 9.53 Å². The van der Waals surface area contributed by atoms with E-state index in [9.17, 15) is 10.1 Å². The first kappa shape index (κ1) is 12.6. The molecule has 0 aromatic heterocycles. The van der Waals surface area contributed by atoms with Gasteiger partial charge >= 0.3 is 5.97 Å². The predicted molar refractivity (Wildman–Crippen MR) is 67.9 cm³/mol. The molecule has 1 saturated carbocycles. The Kier molecular flexibility index (Phi) is 3.38. The third-order valence-corrected chi connectivity index (χ3v) is 3.65. The molecular formula is C15H17NO2. The van der Waals surface area contributed by atoms with Gasteiger partial charge in [-0.05, 0) is 49.8 Å². The lowest BCUT2D eigenvalue weighted by Crippen LogP contribution is -2.20. The van der Waals surface area contributed by atoms with Crippen LogP contribution in [0.5, 0.6) is 0 Å². The summed E-state index contributed by atoms with van der Waals surface area (Å²) in [5.74, 6) is 0.172. The average Bonchev–Trinajstić information content (AvgIpc) is 3.22. The number of hydrogen-bond acceptors (Lipinski definition) is 3. The van der Waals surface area contributed by atoms with E-state index in [0.29, 0.717) is 17.9 Å². The summed E-state index contributed by atoms with van der Waals surface area (Å²) in [6.45, 7) is 2.01. The second kappa shape index (κ2) is 4.81. The first-order valence-corrected chi connectivity index (χ1v) is 6.17. The molecule has 0 amide bonds. The zero-order valence-electron chi connectivity index (χ0n) is 10.8. The third kappa shape index (κ3) is 2.53. The van der Waals surface area contributed by atoms with Crippen molar-refractivity contribution in [2.45, 2.75) is 26.2 Å². The predicted octanol–water partition coefficient (Wildman–Crippen LogP) is 2.96. The molecule has 0 radical (unpaired) electrons. The largest absolute Gasteiger partial charge is 0.465 e. The molecule has 3 nitrogen and oxygen atoms in total. The van der Waals surface area contributed by atoms with Gasteiger partial charge in [-0.15, -0.1) is 0 Å². The summed E-state index contributed by atoms with van der Waals surface area (Å²) in [4.78, 5) is 11.5. The molecule has 1 fully saturated rings. The highest BCUT2D eigenvalue weighted by Gasteiger charge is 2.41. The number of hydrogen-bond donors (Lipinski definition) is 0. The Labute approximate surface area is 107 Å². The minimum absolute atomic E-state index is 0.311. The lowest BCUT2D eigenvalue weighted by Gasteiger charge is -2.21. The zero-order chi connectivity index (χ0) is 13.2. The molecule has 0 bridgehead atoms. The van der Waals surface area contributed by atoms with E-state index < -0.39 is 0 Å². The maximum atomic E-state index is 11.5. The average molecular weight is 243 g/mol. The van der Waals surface area contributed by atoms with Crippen molar-refractivity contribution in [2.24, 2.45) is 11.3 Å². The standard InChI is InChI=1S/C15H17NO2/c1-15(10-16,13-6-7-13)9-11-4-3-5-12(8-11)14(17)18-2/h3-5,8,13H,6-7,9H2,1-2H3. The molecule has 94 valence electrons. The van der Waals surface area contributed by atoms with E-state index in [1.54, 1.807) is 6.07 Å². The van der Waals surface area contributed by atoms with E-state index in [1.807, 2.05) is 25.1 Å². The number of benzene rings is 1. The summed E-state index contributed by atoms with van der Waals surface area (Å²) < 4.78 is 4.70. The first-order valence-electron chi connectivity index (χ1n) is 6.17. The van der Waals surface area contributed by atoms with Crippen molar-refractivity contribution in [1.82, 2.24) is 0 Å². The second-order valence-electron chi connectivity index (χ2n) is 5.17. The van der Waals surface area contributed by atoms with Crippen LogP contribution in [0.2, 0.25) is 0 Å². The minimum Gasteiger partial charge on any atom is -0.465 e. The molecule has 0 N–H and O–H groups in total. The van der Waals surface area contributed by atoms with Crippen molar-refractivity contribution in [3.8, 4) is 6.07 Å². The van der Waals surface area contributed by atoms with Crippen LogP contribution in [0.4, 0.5) is 0 Å². The van der Waals surface area contributed by atoms with E-state index >= 15 is 0 Å². The van der Waals surface area contributed by atoms with Gasteiger partial charge in [-0.3, -0.25) is 0 Å². The molecule has 1 aliphatic rings. The molecule has 1 aromatic carbocycles. The summed E-state index contributed by atoms with van der Waals surface area (Å²) in [5.41, 5.74) is 1.26. The normalized spacial score (nSPS) is 17.6. The quantitative estimate of drug-likeness (QED) is 0.764. The van der Waals surface area contributed by atoms with E-state index in [0.717, 1.165) is 18.4 Å². The smallest absolute Gasteiger partial charge is 0.337 e. The zero-order valence-corrected chi connectivity index (χ0v) is 10.8. The summed E-state index contributed by atoms with van der Waals surface area (Å²) in [6, 6.07) is 9.79. The molecule has 3 heteroatoms. The molecule has 18 heavy (non-hydrogen) atoms. The number of ether oxygens (including phenoxy) is 1. The van der Waals surface area contributed by atoms with Crippen LogP contribution in [0, 0.1) is 22.7 Å². The van der Waals surface area contributed by atoms with Crippen LogP contribution in [-0.2, 0) is 11.2 Å². The van der Waals surface area contributed by atoms with Crippen molar-refractivity contribution in [3.63, 3.8) is 0 Å². The van der Waals surface area contributed by atoms with Crippen LogP contribution < -0.4 is 0 Å². The van der Waals surface area contributed by atoms with Crippen molar-refractivity contribution in [3.05, 3.63) is 35.4 Å². The van der Waals surface area contributed by atoms with Gasteiger partial charge in [0.1, 0.15) is 0 Å². The van der Waals surface area contributed by atoms with Crippen molar-refractivity contribution >= 4 is 5.97 Å². The molecule has 1 atom stereocenters. The number of carbonyl (C=O) groups excluding carboxylic acids is 1. The molecule has 0 aliphatic heterocycles. The molecule has 1 unspecified atom stereocenters. The van der Waals surface area contributed by atoms with Gasteiger partial charge in [0.15, 0.2) is 0 Å². The van der Waals surface area contributed by atoms with Crippen LogP contribution in [0.15, 0.2) is 24.3 Å². The minimum atomic E-state index is -0.332. The Bertz CT molecular complexity index is 499. The van der Waals surface area contributed by atoms with Gasteiger partial charge in [-0.2, -0.15) is 5.26 Å². The number of esters is 1. The number of carbonyl (C=O) groups is 1. The lowest BCUT2D eigenvalue weighted by atomic mass is 9.80. The summed E-state index contributed by atoms with van der Waals surface area (Å²) in [6.07, 6.45) is 2.97. The molecule has 0 heterocycles. The Hall–Kier alpha value is -1.82. The topological polar surface area (TPSA) is 50.1 Å². The molecule has 0 saturated heterocycles. The number of rotatable bonds is 4. The molecule has 0 spiro atoms. The molecule has 1 aromatic rings. The monoisotopic (exact) mass is 243 g/mol. The number of nitriles is 1. The summed E-state index contributed by atoms with van der Waals surface area (Å²) >= 11 is 0. The van der Waals surface area contributed by atoms with E-state index in [-0.39, 0.29) is 11.4 Å². The van der Waals surface area contributed by atoms with Gasteiger partial charge in [-0.25, -0.2) is 4.79 Å². The fourth-order valence-electron chi connectivity index (χ4n) is 2.35. The van der Waals surface area contributed by atoms with Crippen LogP contribution in [0.3, 0.4) is 0 Å². The van der Waals surface area contributed by atoms with E-state index in [2.05, 4.69) is 6.07 Å². The first-order chi connectivity index (χ1) is 8.59. The van der Waals surface area contributed by atoms with Gasteiger partial charge in [0.2, 0.25) is 0 Å². The lowest BCUT2D eigenvalue weighted by molar-refractivity contribution is 0.0600. The van der Waals surface area contributed by atoms with Crippen molar-refractivity contribution in [2.75, 3.05) is 7.11 Å². The van der Waals surface area contributed by atoms with E-state index in [4.69, 9.17) is 4.74 Å². The second-order valence-corrected chi connectivity index (χ2v) is 5.17. The molecular weight excluding hydrogens is 226 g/mol. The van der Waals surface area contributed by atoms with E-state index in [1.165, 1.54) is 7.11 Å². The fourth-order valence-corrected chi connectivity index (χ4v) is 2.35. The van der Waals surface area contributed by atoms with Gasteiger partial charge in [0.25, 0.3) is 0 Å². The Morgan fingerprint density at radius 2 is 2.28 bits per heavy atom. The summed E-state index contributed by atoms with van der Waals surface area (Å²) in [5, 5.41) is 9.34. The highest BCUT2D eigenvalue weighted by Crippen LogP contribution is 2.46. The highest BCUT2D eigenvalue weighted by atomic mass is 16.5. The van der Waals surface area contributed by atoms with Crippen LogP contribution in [0.1, 0.15) is 35.7 Å². The van der Waals surface area contributed by atoms with Crippen molar-refractivity contribution in [1.29, 1.82) is 5.26 Å². The Morgan fingerprint density at radius 1 is 1.56 bits per heavy atom. The number of nitrogens with zero attached hydrogens (tertiary/aromatic N) is 1. The van der Waals surface area contributed by atoms with Crippen LogP contribution >= 0.6 is 0 Å². The SMILES string of the molecule is COC(=O)c1cccc(CC(C)(C#N)C2CC2)c1. The fraction of sp³-hybridized carbons (Fsp3) is 0.467. The number of methoxy groups -OCH3 is 1. The molecule has 1 aliphatic carbocycles. The van der Waals surface area contributed by atoms with Gasteiger partial charge in [-0.1, -0.05) is 12.1 Å². The summed E-state index contributed by atoms with van der Waals surface area (Å²) in [7, 11) is 1.37. The van der Waals surface area contributed by atoms with Gasteiger partial charge in [0.05, 0.1) is 24.2 Å². The van der Waals surface area contributed by atoms with Crippen LogP contribution in [0.25, 0.3) is 0 Å². The Morgan fingerprint density at radius 3 is 2.83 bits per heavy atom. The maximum absolute atomic E-state index is 11.5. The van der Waals surface area contributed by atoms with Gasteiger partial charge < -0.3 is 4.74 Å².